The second-order valence-electron chi connectivity index (χ2n) is 19.6. The van der Waals surface area contributed by atoms with Crippen molar-refractivity contribution < 1.29 is 23.2 Å². The van der Waals surface area contributed by atoms with E-state index in [9.17, 15) is 9.59 Å². The lowest BCUT2D eigenvalue weighted by Gasteiger charge is -2.41. The molecule has 0 radical (unpaired) electrons. The number of amides is 1. The third kappa shape index (κ3) is 6.75. The third-order valence-corrected chi connectivity index (χ3v) is 15.0. The maximum Gasteiger partial charge on any atom is 0.438 e. The summed E-state index contributed by atoms with van der Waals surface area (Å²) in [6.07, 6.45) is 7.28. The Hall–Kier alpha value is -6.56. The van der Waals surface area contributed by atoms with Crippen LogP contribution in [0.4, 0.5) is 4.39 Å². The van der Waals surface area contributed by atoms with Gasteiger partial charge in [0, 0.05) is 47.9 Å². The fourth-order valence-corrected chi connectivity index (χ4v) is 11.4. The first-order valence-electron chi connectivity index (χ1n) is 23.0. The number of carbonyl (C=O) groups is 1. The number of carbonyl (C=O) groups excluding carboxylic acids is 1. The van der Waals surface area contributed by atoms with E-state index >= 15 is 9.18 Å². The molecule has 1 aliphatic carbocycles. The van der Waals surface area contributed by atoms with E-state index in [1.54, 1.807) is 60.0 Å². The Morgan fingerprint density at radius 3 is 2.40 bits per heavy atom. The average molecular weight is 943 g/mol. The molecule has 1 saturated carbocycles. The molecule has 1 N–H and O–H groups in total. The quantitative estimate of drug-likeness (QED) is 0.159. The summed E-state index contributed by atoms with van der Waals surface area (Å²) in [7, 11) is 1.82. The smallest absolute Gasteiger partial charge is 0.377 e. The number of nitrogens with zero attached hydrogens (tertiary/aromatic N) is 9. The summed E-state index contributed by atoms with van der Waals surface area (Å²) in [5.41, 5.74) is 4.47. The van der Waals surface area contributed by atoms with Crippen LogP contribution in [0.15, 0.2) is 81.2 Å². The van der Waals surface area contributed by atoms with Gasteiger partial charge in [0.25, 0.3) is 5.91 Å². The second-order valence-corrected chi connectivity index (χ2v) is 20.0. The zero-order valence-electron chi connectivity index (χ0n) is 39.1. The first-order valence-corrected chi connectivity index (χ1v) is 23.4. The number of ether oxygens (including phenoxy) is 2. The molecule has 1 amide bonds. The number of H-pyrrole nitrogens is 1. The van der Waals surface area contributed by atoms with Crippen LogP contribution in [0.5, 0.6) is 0 Å². The maximum atomic E-state index is 16.0. The van der Waals surface area contributed by atoms with Crippen LogP contribution in [0.1, 0.15) is 103 Å². The average Bonchev–Trinajstić information content (AvgIpc) is 3.91. The highest BCUT2D eigenvalue weighted by molar-refractivity contribution is 6.37. The van der Waals surface area contributed by atoms with Crippen LogP contribution in [0.2, 0.25) is 5.02 Å². The van der Waals surface area contributed by atoms with Crippen molar-refractivity contribution >= 4 is 39.3 Å². The van der Waals surface area contributed by atoms with Crippen molar-refractivity contribution in [3.05, 3.63) is 138 Å². The van der Waals surface area contributed by atoms with E-state index in [1.807, 2.05) is 42.5 Å². The molecule has 68 heavy (non-hydrogen) atoms. The van der Waals surface area contributed by atoms with Crippen LogP contribution in [-0.4, -0.2) is 85.7 Å². The number of hydrogen-bond donors (Lipinski definition) is 1. The van der Waals surface area contributed by atoms with Gasteiger partial charge in [0.2, 0.25) is 0 Å². The van der Waals surface area contributed by atoms with E-state index in [0.29, 0.717) is 74.5 Å². The van der Waals surface area contributed by atoms with Crippen LogP contribution >= 0.6 is 11.6 Å². The standard InChI is InChI=1S/C50H52ClFN10O6/c1-26-17-34(18-27(2)43(26)52)62-44(59-15-14-58(48(59)65)38-12-11-37-35(42(38)51)23-53-57(37)8)41(30(5)55-62)40-25-66-24-29(4)60(40)45(63)39-20-33-19-31(32-13-16-67-49(6,7)22-32)9-10-36(33)61(39)50(21-28(50)3)46-54-47(64)68-56-46/h9-12,14-15,17-20,23,28-29,32,40H,13,16,21-22,24-25H2,1-8H3,(H,54,56,64)/t28-,29-,32-,40-,50-/m0/s1. The first-order chi connectivity index (χ1) is 32.5. The Kier molecular flexibility index (Phi) is 10.2. The van der Waals surface area contributed by atoms with Gasteiger partial charge in [-0.1, -0.05) is 29.7 Å². The number of nitrogens with one attached hydrogen (secondary N) is 1. The number of rotatable bonds is 8. The minimum Gasteiger partial charge on any atom is -0.377 e. The van der Waals surface area contributed by atoms with Crippen LogP contribution in [-0.2, 0) is 22.1 Å². The van der Waals surface area contributed by atoms with E-state index in [1.165, 1.54) is 9.13 Å². The van der Waals surface area contributed by atoms with Crippen molar-refractivity contribution in [1.29, 1.82) is 0 Å². The topological polar surface area (TPSA) is 165 Å². The fourth-order valence-electron chi connectivity index (χ4n) is 11.1. The van der Waals surface area contributed by atoms with Crippen molar-refractivity contribution in [2.75, 3.05) is 19.8 Å². The molecule has 11 rings (SSSR count). The van der Waals surface area contributed by atoms with Gasteiger partial charge in [-0.15, -0.1) is 0 Å². The molecule has 0 spiro atoms. The predicted octanol–water partition coefficient (Wildman–Crippen LogP) is 8.11. The summed E-state index contributed by atoms with van der Waals surface area (Å²) in [6, 6.07) is 14.1. The Morgan fingerprint density at radius 1 is 0.956 bits per heavy atom. The molecule has 352 valence electrons. The molecule has 3 fully saturated rings. The first kappa shape index (κ1) is 44.0. The molecule has 5 aromatic heterocycles. The molecule has 2 saturated heterocycles. The van der Waals surface area contributed by atoms with Crippen LogP contribution in [0.25, 0.3) is 39.0 Å². The summed E-state index contributed by atoms with van der Waals surface area (Å²) < 4.78 is 41.1. The molecule has 8 aromatic rings. The maximum absolute atomic E-state index is 16.0. The highest BCUT2D eigenvalue weighted by Gasteiger charge is 2.59. The summed E-state index contributed by atoms with van der Waals surface area (Å²) in [5, 5.41) is 15.6. The van der Waals surface area contributed by atoms with E-state index in [2.05, 4.69) is 54.2 Å². The number of imidazole rings is 1. The molecule has 3 aromatic carbocycles. The highest BCUT2D eigenvalue weighted by atomic mass is 35.5. The zero-order valence-corrected chi connectivity index (χ0v) is 39.9. The summed E-state index contributed by atoms with van der Waals surface area (Å²) >= 11 is 7.00. The van der Waals surface area contributed by atoms with Crippen molar-refractivity contribution in [2.45, 2.75) is 96.9 Å². The Labute approximate surface area is 394 Å². The molecule has 5 atom stereocenters. The van der Waals surface area contributed by atoms with Gasteiger partial charge in [0.05, 0.1) is 64.7 Å². The van der Waals surface area contributed by atoms with E-state index < -0.39 is 29.1 Å². The van der Waals surface area contributed by atoms with Crippen LogP contribution in [0, 0.1) is 32.5 Å². The number of fused-ring (bicyclic) bond motifs is 2. The number of aromatic nitrogens is 9. The van der Waals surface area contributed by atoms with Gasteiger partial charge in [-0.3, -0.25) is 28.1 Å². The lowest BCUT2D eigenvalue weighted by molar-refractivity contribution is -0.0592. The second kappa shape index (κ2) is 15.7. The molecular weight excluding hydrogens is 891 g/mol. The van der Waals surface area contributed by atoms with Gasteiger partial charge < -0.3 is 18.9 Å². The van der Waals surface area contributed by atoms with Crippen molar-refractivity contribution in [3.8, 4) is 17.2 Å². The van der Waals surface area contributed by atoms with Crippen LogP contribution in [0.3, 0.4) is 0 Å². The minimum absolute atomic E-state index is 0.0164. The van der Waals surface area contributed by atoms with E-state index in [0.717, 1.165) is 34.8 Å². The Morgan fingerprint density at radius 2 is 1.69 bits per heavy atom. The summed E-state index contributed by atoms with van der Waals surface area (Å²) in [4.78, 5) is 48.2. The molecule has 18 heteroatoms. The molecule has 16 nitrogen and oxygen atoms in total. The lowest BCUT2D eigenvalue weighted by Crippen LogP contribution is -2.50. The SMILES string of the molecule is Cc1cc(-n2nc(C)c([C@@H]3COC[C@H](C)N3C(=O)c3cc4cc([C@H]5CCOC(C)(C)C5)ccc4n3[C@@]3(c4noc(=O)[nH]4)C[C@@H]3C)c2-n2ccn(-c3ccc4c(cnn4C)c3Cl)c2=O)cc(C)c1F. The molecule has 7 heterocycles. The third-order valence-electron chi connectivity index (χ3n) is 14.6. The number of morpholine rings is 1. The monoisotopic (exact) mass is 942 g/mol. The van der Waals surface area contributed by atoms with E-state index in [-0.39, 0.29) is 42.4 Å². The van der Waals surface area contributed by atoms with E-state index in [4.69, 9.17) is 30.7 Å². The molecule has 2 aliphatic heterocycles. The lowest BCUT2D eigenvalue weighted by atomic mass is 9.83. The molecule has 0 unspecified atom stereocenters. The van der Waals surface area contributed by atoms with Gasteiger partial charge in [0.1, 0.15) is 22.9 Å². The van der Waals surface area contributed by atoms with Crippen LogP contribution < -0.4 is 11.4 Å². The van der Waals surface area contributed by atoms with Crippen molar-refractivity contribution in [1.82, 2.24) is 48.3 Å². The Balaban J connectivity index is 1.10. The number of halogens is 2. The van der Waals surface area contributed by atoms with Crippen molar-refractivity contribution in [2.24, 2.45) is 13.0 Å². The molecular formula is C50H52ClFN10O6. The van der Waals surface area contributed by atoms with Gasteiger partial charge in [-0.25, -0.2) is 18.7 Å². The zero-order chi connectivity index (χ0) is 47.7. The number of aromatic amines is 1. The van der Waals surface area contributed by atoms with Gasteiger partial charge >= 0.3 is 11.4 Å². The van der Waals surface area contributed by atoms with Gasteiger partial charge in [0.15, 0.2) is 5.82 Å². The predicted molar refractivity (Wildman–Crippen MR) is 253 cm³/mol. The largest absolute Gasteiger partial charge is 0.438 e. The van der Waals surface area contributed by atoms with Crippen molar-refractivity contribution in [3.63, 3.8) is 0 Å². The Bertz CT molecular complexity index is 3460. The summed E-state index contributed by atoms with van der Waals surface area (Å²) in [6.45, 7) is 14.4. The normalized spacial score (nSPS) is 22.7. The number of benzene rings is 3. The fraction of sp³-hybridized carbons (Fsp3) is 0.400. The number of hydrogen-bond acceptors (Lipinski definition) is 9. The summed E-state index contributed by atoms with van der Waals surface area (Å²) in [5.74, 6) is -0.359. The van der Waals surface area contributed by atoms with Gasteiger partial charge in [-0.2, -0.15) is 10.2 Å². The molecule has 0 bridgehead atoms. The number of aryl methyl sites for hydroxylation is 4. The minimum atomic E-state index is -0.882. The molecule has 3 aliphatic rings. The van der Waals surface area contributed by atoms with Gasteiger partial charge in [-0.05, 0) is 132 Å². The highest BCUT2D eigenvalue weighted by Crippen LogP contribution is 2.56.